The average molecular weight is 374 g/mol. The van der Waals surface area contributed by atoms with Crippen LogP contribution in [0.5, 0.6) is 5.75 Å². The van der Waals surface area contributed by atoms with Crippen molar-refractivity contribution in [1.29, 1.82) is 0 Å². The normalized spacial score (nSPS) is 11.2. The van der Waals surface area contributed by atoms with Crippen molar-refractivity contribution in [3.8, 4) is 5.75 Å². The van der Waals surface area contributed by atoms with E-state index in [0.717, 1.165) is 6.07 Å². The molecule has 0 unspecified atom stereocenters. The van der Waals surface area contributed by atoms with E-state index >= 15 is 0 Å². The summed E-state index contributed by atoms with van der Waals surface area (Å²) in [6.07, 6.45) is 0. The minimum absolute atomic E-state index is 0.0860. The first-order valence-electron chi connectivity index (χ1n) is 6.13. The molecule has 0 radical (unpaired) electrons. The lowest BCUT2D eigenvalue weighted by Gasteiger charge is -2.10. The molecule has 0 aliphatic carbocycles. The maximum Gasteiger partial charge on any atom is 0.261 e. The smallest absolute Gasteiger partial charge is 0.261 e. The summed E-state index contributed by atoms with van der Waals surface area (Å²) in [5.74, 6) is -0.533. The fourth-order valence-corrected chi connectivity index (χ4v) is 3.33. The highest BCUT2D eigenvalue weighted by molar-refractivity contribution is 9.10. The molecule has 2 aromatic rings. The van der Waals surface area contributed by atoms with E-state index in [1.807, 2.05) is 0 Å². The van der Waals surface area contributed by atoms with E-state index in [1.165, 1.54) is 24.3 Å². The van der Waals surface area contributed by atoms with Gasteiger partial charge in [-0.25, -0.2) is 12.8 Å². The number of ether oxygens (including phenoxy) is 1. The Morgan fingerprint density at radius 2 is 2.00 bits per heavy atom. The minimum atomic E-state index is -3.77. The van der Waals surface area contributed by atoms with E-state index in [9.17, 15) is 12.8 Å². The van der Waals surface area contributed by atoms with Gasteiger partial charge in [0.05, 0.1) is 17.2 Å². The molecule has 1 N–H and O–H groups in total. The number of hydrogen-bond acceptors (Lipinski definition) is 3. The molecule has 0 heterocycles. The van der Waals surface area contributed by atoms with Crippen molar-refractivity contribution in [2.75, 3.05) is 11.3 Å². The predicted molar refractivity (Wildman–Crippen MR) is 82.5 cm³/mol. The van der Waals surface area contributed by atoms with Gasteiger partial charge < -0.3 is 4.74 Å². The fourth-order valence-electron chi connectivity index (χ4n) is 1.69. The molecular formula is C14H13BrFNO3S. The Kier molecular flexibility index (Phi) is 4.84. The van der Waals surface area contributed by atoms with Crippen LogP contribution in [0.15, 0.2) is 51.8 Å². The number of hydrogen-bond donors (Lipinski definition) is 1. The van der Waals surface area contributed by atoms with Crippen molar-refractivity contribution in [3.05, 3.63) is 52.8 Å². The first-order valence-corrected chi connectivity index (χ1v) is 8.41. The Morgan fingerprint density at radius 3 is 2.62 bits per heavy atom. The largest absolute Gasteiger partial charge is 0.491 e. The van der Waals surface area contributed by atoms with Crippen LogP contribution in [-0.2, 0) is 10.0 Å². The van der Waals surface area contributed by atoms with Gasteiger partial charge in [0, 0.05) is 10.5 Å². The van der Waals surface area contributed by atoms with Gasteiger partial charge in [0.1, 0.15) is 0 Å². The molecule has 0 aliphatic rings. The van der Waals surface area contributed by atoms with Crippen LogP contribution in [0.25, 0.3) is 0 Å². The van der Waals surface area contributed by atoms with Crippen molar-refractivity contribution in [2.45, 2.75) is 11.8 Å². The lowest BCUT2D eigenvalue weighted by atomic mass is 10.3. The van der Waals surface area contributed by atoms with Gasteiger partial charge in [0.2, 0.25) is 0 Å². The fraction of sp³-hybridized carbons (Fsp3) is 0.143. The summed E-state index contributed by atoms with van der Waals surface area (Å²) in [4.78, 5) is 0.0890. The molecule has 0 atom stereocenters. The lowest BCUT2D eigenvalue weighted by Crippen LogP contribution is -2.13. The zero-order chi connectivity index (χ0) is 15.5. The summed E-state index contributed by atoms with van der Waals surface area (Å²) in [6.45, 7) is 2.07. The van der Waals surface area contributed by atoms with E-state index in [2.05, 4.69) is 20.7 Å². The van der Waals surface area contributed by atoms with Gasteiger partial charge >= 0.3 is 0 Å². The third-order valence-electron chi connectivity index (χ3n) is 2.59. The van der Waals surface area contributed by atoms with Crippen LogP contribution in [0, 0.1) is 5.82 Å². The number of anilines is 1. The van der Waals surface area contributed by atoms with Crippen LogP contribution in [0.1, 0.15) is 6.92 Å². The summed E-state index contributed by atoms with van der Waals surface area (Å²) in [5.41, 5.74) is 0.135. The van der Waals surface area contributed by atoms with Crippen molar-refractivity contribution in [1.82, 2.24) is 0 Å². The Hall–Kier alpha value is -1.60. The number of rotatable bonds is 5. The number of benzene rings is 2. The molecule has 2 aromatic carbocycles. The molecule has 2 rings (SSSR count). The van der Waals surface area contributed by atoms with Crippen LogP contribution < -0.4 is 9.46 Å². The predicted octanol–water partition coefficient (Wildman–Crippen LogP) is 3.79. The number of nitrogens with one attached hydrogen (secondary N) is 1. The van der Waals surface area contributed by atoms with Crippen molar-refractivity contribution in [3.63, 3.8) is 0 Å². The number of sulfonamides is 1. The van der Waals surface area contributed by atoms with E-state index in [-0.39, 0.29) is 16.3 Å². The van der Waals surface area contributed by atoms with Crippen LogP contribution in [-0.4, -0.2) is 15.0 Å². The maximum absolute atomic E-state index is 13.7. The zero-order valence-electron chi connectivity index (χ0n) is 11.1. The summed E-state index contributed by atoms with van der Waals surface area (Å²) in [7, 11) is -3.77. The molecule has 0 aliphatic heterocycles. The third-order valence-corrected chi connectivity index (χ3v) is 4.46. The Labute approximate surface area is 131 Å². The van der Waals surface area contributed by atoms with Gasteiger partial charge in [0.25, 0.3) is 10.0 Å². The zero-order valence-corrected chi connectivity index (χ0v) is 13.5. The molecule has 0 saturated heterocycles. The highest BCUT2D eigenvalue weighted by atomic mass is 79.9. The molecule has 0 fully saturated rings. The molecule has 21 heavy (non-hydrogen) atoms. The van der Waals surface area contributed by atoms with Crippen molar-refractivity contribution >= 4 is 31.6 Å². The first-order chi connectivity index (χ1) is 9.92. The molecule has 0 amide bonds. The van der Waals surface area contributed by atoms with Gasteiger partial charge in [-0.2, -0.15) is 0 Å². The van der Waals surface area contributed by atoms with Crippen LogP contribution in [0.3, 0.4) is 0 Å². The molecule has 0 saturated carbocycles. The topological polar surface area (TPSA) is 55.4 Å². The lowest BCUT2D eigenvalue weighted by molar-refractivity contribution is 0.321. The summed E-state index contributed by atoms with van der Waals surface area (Å²) < 4.78 is 46.1. The molecule has 112 valence electrons. The SMILES string of the molecule is CCOc1ccc(NS(=O)(=O)c2cccc(Br)c2)cc1F. The molecule has 0 aromatic heterocycles. The van der Waals surface area contributed by atoms with Crippen LogP contribution in [0.2, 0.25) is 0 Å². The molecule has 0 spiro atoms. The number of halogens is 2. The maximum atomic E-state index is 13.7. The van der Waals surface area contributed by atoms with Gasteiger partial charge in [-0.05, 0) is 37.3 Å². The highest BCUT2D eigenvalue weighted by Gasteiger charge is 2.15. The van der Waals surface area contributed by atoms with Gasteiger partial charge in [-0.1, -0.05) is 22.0 Å². The first kappa shape index (κ1) is 15.8. The second kappa shape index (κ2) is 6.44. The van der Waals surface area contributed by atoms with Gasteiger partial charge in [0.15, 0.2) is 11.6 Å². The Bertz CT molecular complexity index is 750. The second-order valence-electron chi connectivity index (χ2n) is 4.14. The Balaban J connectivity index is 2.27. The molecule has 4 nitrogen and oxygen atoms in total. The minimum Gasteiger partial charge on any atom is -0.491 e. The van der Waals surface area contributed by atoms with Crippen molar-refractivity contribution < 1.29 is 17.5 Å². The van der Waals surface area contributed by atoms with Crippen molar-refractivity contribution in [2.24, 2.45) is 0 Å². The van der Waals surface area contributed by atoms with E-state index in [4.69, 9.17) is 4.74 Å². The quantitative estimate of drug-likeness (QED) is 0.867. The van der Waals surface area contributed by atoms with Crippen LogP contribution >= 0.6 is 15.9 Å². The second-order valence-corrected chi connectivity index (χ2v) is 6.74. The van der Waals surface area contributed by atoms with Crippen LogP contribution in [0.4, 0.5) is 10.1 Å². The molecule has 0 bridgehead atoms. The monoisotopic (exact) mass is 373 g/mol. The van der Waals surface area contributed by atoms with Gasteiger partial charge in [-0.15, -0.1) is 0 Å². The van der Waals surface area contributed by atoms with E-state index in [1.54, 1.807) is 19.1 Å². The van der Waals surface area contributed by atoms with E-state index in [0.29, 0.717) is 11.1 Å². The van der Waals surface area contributed by atoms with E-state index < -0.39 is 15.8 Å². The summed E-state index contributed by atoms with van der Waals surface area (Å²) in [5, 5.41) is 0. The third kappa shape index (κ3) is 3.95. The summed E-state index contributed by atoms with van der Waals surface area (Å²) >= 11 is 3.21. The molecule has 7 heteroatoms. The highest BCUT2D eigenvalue weighted by Crippen LogP contribution is 2.24. The summed E-state index contributed by atoms with van der Waals surface area (Å²) in [6, 6.07) is 10.2. The Morgan fingerprint density at radius 1 is 1.24 bits per heavy atom. The molecular weight excluding hydrogens is 361 g/mol. The standard InChI is InChI=1S/C14H13BrFNO3S/c1-2-20-14-7-6-11(9-13(14)16)17-21(18,19)12-5-3-4-10(15)8-12/h3-9,17H,2H2,1H3. The van der Waals surface area contributed by atoms with Gasteiger partial charge in [-0.3, -0.25) is 4.72 Å². The average Bonchev–Trinajstić information content (AvgIpc) is 2.42.